The first-order valence-electron chi connectivity index (χ1n) is 10.1. The van der Waals surface area contributed by atoms with Crippen LogP contribution >= 0.6 is 0 Å². The molecule has 1 spiro atoms. The summed E-state index contributed by atoms with van der Waals surface area (Å²) in [6.07, 6.45) is 6.29. The fourth-order valence-electron chi connectivity index (χ4n) is 4.28. The minimum absolute atomic E-state index is 0.00145. The third kappa shape index (κ3) is 3.39. The molecule has 7 nitrogen and oxygen atoms in total. The summed E-state index contributed by atoms with van der Waals surface area (Å²) in [7, 11) is 0. The van der Waals surface area contributed by atoms with Crippen LogP contribution in [0.15, 0.2) is 30.6 Å². The van der Waals surface area contributed by atoms with Crippen molar-refractivity contribution < 1.29 is 9.59 Å². The third-order valence-corrected chi connectivity index (χ3v) is 6.18. The molecule has 2 aliphatic rings. The summed E-state index contributed by atoms with van der Waals surface area (Å²) in [5.41, 5.74) is 2.16. The summed E-state index contributed by atoms with van der Waals surface area (Å²) in [5.74, 6) is 0.188. The second kappa shape index (κ2) is 7.36. The highest BCUT2D eigenvalue weighted by Crippen LogP contribution is 2.41. The zero-order valence-corrected chi connectivity index (χ0v) is 16.8. The molecule has 1 N–H and O–H groups in total. The fourth-order valence-corrected chi connectivity index (χ4v) is 4.28. The number of H-pyrrole nitrogens is 1. The summed E-state index contributed by atoms with van der Waals surface area (Å²) in [5, 5.41) is 8.98. The van der Waals surface area contributed by atoms with Gasteiger partial charge < -0.3 is 14.8 Å². The van der Waals surface area contributed by atoms with Crippen LogP contribution in [0, 0.1) is 11.3 Å². The summed E-state index contributed by atoms with van der Waals surface area (Å²) in [6.45, 7) is 5.67. The van der Waals surface area contributed by atoms with Crippen LogP contribution < -0.4 is 0 Å². The molecule has 2 aromatic rings. The van der Waals surface area contributed by atoms with Gasteiger partial charge in [0.05, 0.1) is 11.1 Å². The van der Waals surface area contributed by atoms with Crippen LogP contribution in [-0.4, -0.2) is 56.8 Å². The molecule has 29 heavy (non-hydrogen) atoms. The van der Waals surface area contributed by atoms with Gasteiger partial charge in [-0.05, 0) is 48.9 Å². The van der Waals surface area contributed by atoms with Crippen molar-refractivity contribution in [2.45, 2.75) is 44.6 Å². The van der Waals surface area contributed by atoms with Crippen molar-refractivity contribution >= 4 is 11.8 Å². The number of carbonyl (C=O) groups excluding carboxylic acids is 2. The number of carbonyl (C=O) groups is 2. The van der Waals surface area contributed by atoms with Crippen molar-refractivity contribution in [3.8, 4) is 6.07 Å². The number of aromatic amines is 1. The molecule has 1 aliphatic heterocycles. The first kappa shape index (κ1) is 19.2. The SMILES string of the molecule is CC(C)c1cncc(C(=O)N2CCN(C(=O)c3ccc(C#N)[nH]3)CC23CCC3)c1. The molecule has 3 heterocycles. The number of nitrogens with one attached hydrogen (secondary N) is 1. The van der Waals surface area contributed by atoms with E-state index in [4.69, 9.17) is 5.26 Å². The van der Waals surface area contributed by atoms with Crippen LogP contribution in [0.5, 0.6) is 0 Å². The van der Waals surface area contributed by atoms with E-state index in [0.29, 0.717) is 42.5 Å². The highest BCUT2D eigenvalue weighted by molar-refractivity contribution is 5.96. The Balaban J connectivity index is 1.54. The summed E-state index contributed by atoms with van der Waals surface area (Å²) in [6, 6.07) is 7.21. The maximum atomic E-state index is 13.3. The molecule has 0 atom stereocenters. The van der Waals surface area contributed by atoms with Crippen molar-refractivity contribution in [1.29, 1.82) is 5.26 Å². The number of nitrogens with zero attached hydrogens (tertiary/aromatic N) is 4. The molecule has 1 aliphatic carbocycles. The van der Waals surface area contributed by atoms with Gasteiger partial charge in [0.25, 0.3) is 11.8 Å². The lowest BCUT2D eigenvalue weighted by Gasteiger charge is -2.55. The van der Waals surface area contributed by atoms with Crippen LogP contribution in [0.3, 0.4) is 0 Å². The minimum atomic E-state index is -0.302. The molecule has 0 aromatic carbocycles. The highest BCUT2D eigenvalue weighted by Gasteiger charge is 2.49. The Morgan fingerprint density at radius 3 is 2.62 bits per heavy atom. The van der Waals surface area contributed by atoms with Gasteiger partial charge >= 0.3 is 0 Å². The Labute approximate surface area is 170 Å². The molecule has 2 aromatic heterocycles. The van der Waals surface area contributed by atoms with Crippen molar-refractivity contribution in [1.82, 2.24) is 19.8 Å². The summed E-state index contributed by atoms with van der Waals surface area (Å²) >= 11 is 0. The number of hydrogen-bond acceptors (Lipinski definition) is 4. The molecule has 2 fully saturated rings. The average Bonchev–Trinajstić information content (AvgIpc) is 3.20. The quantitative estimate of drug-likeness (QED) is 0.871. The monoisotopic (exact) mass is 391 g/mol. The van der Waals surface area contributed by atoms with Crippen molar-refractivity contribution in [3.63, 3.8) is 0 Å². The van der Waals surface area contributed by atoms with E-state index in [1.54, 1.807) is 23.2 Å². The lowest BCUT2D eigenvalue weighted by atomic mass is 9.73. The zero-order valence-electron chi connectivity index (χ0n) is 16.8. The van der Waals surface area contributed by atoms with E-state index >= 15 is 0 Å². The van der Waals surface area contributed by atoms with Crippen LogP contribution in [-0.2, 0) is 0 Å². The van der Waals surface area contributed by atoms with Gasteiger partial charge in [-0.1, -0.05) is 13.8 Å². The average molecular weight is 391 g/mol. The summed E-state index contributed by atoms with van der Waals surface area (Å²) < 4.78 is 0. The molecule has 0 bridgehead atoms. The van der Waals surface area contributed by atoms with Gasteiger partial charge in [-0.15, -0.1) is 0 Å². The van der Waals surface area contributed by atoms with Gasteiger partial charge in [0.1, 0.15) is 17.5 Å². The molecule has 0 unspecified atom stereocenters. The number of nitriles is 1. The molecule has 1 saturated heterocycles. The molecular weight excluding hydrogens is 366 g/mol. The van der Waals surface area contributed by atoms with Crippen LogP contribution in [0.4, 0.5) is 0 Å². The fraction of sp³-hybridized carbons (Fsp3) is 0.455. The Hall–Kier alpha value is -3.14. The largest absolute Gasteiger partial charge is 0.342 e. The molecule has 150 valence electrons. The topological polar surface area (TPSA) is 93.1 Å². The van der Waals surface area contributed by atoms with Crippen molar-refractivity contribution in [2.75, 3.05) is 19.6 Å². The van der Waals surface area contributed by atoms with E-state index in [0.717, 1.165) is 24.8 Å². The highest BCUT2D eigenvalue weighted by atomic mass is 16.2. The predicted molar refractivity (Wildman–Crippen MR) is 107 cm³/mol. The standard InChI is InChI=1S/C22H25N5O2/c1-15(2)16-10-17(13-24-12-16)20(28)27-9-8-26(14-22(27)6-3-7-22)21(29)19-5-4-18(11-23)25-19/h4-5,10,12-13,15,25H,3,6-9,14H2,1-2H3. The van der Waals surface area contributed by atoms with E-state index < -0.39 is 0 Å². The van der Waals surface area contributed by atoms with Gasteiger partial charge in [0, 0.05) is 32.0 Å². The Morgan fingerprint density at radius 1 is 1.21 bits per heavy atom. The van der Waals surface area contributed by atoms with Gasteiger partial charge in [-0.25, -0.2) is 0 Å². The Kier molecular flexibility index (Phi) is 4.87. The van der Waals surface area contributed by atoms with Crippen LogP contribution in [0.25, 0.3) is 0 Å². The second-order valence-corrected chi connectivity index (χ2v) is 8.32. The zero-order chi connectivity index (χ0) is 20.6. The lowest BCUT2D eigenvalue weighted by Crippen LogP contribution is -2.67. The lowest BCUT2D eigenvalue weighted by molar-refractivity contribution is -0.0305. The third-order valence-electron chi connectivity index (χ3n) is 6.18. The van der Waals surface area contributed by atoms with Crippen LogP contribution in [0.1, 0.15) is 71.1 Å². The predicted octanol–water partition coefficient (Wildman–Crippen LogP) is 2.93. The van der Waals surface area contributed by atoms with E-state index in [-0.39, 0.29) is 17.4 Å². The minimum Gasteiger partial charge on any atom is -0.342 e. The summed E-state index contributed by atoms with van der Waals surface area (Å²) in [4.78, 5) is 37.1. The van der Waals surface area contributed by atoms with Gasteiger partial charge in [0.15, 0.2) is 0 Å². The first-order chi connectivity index (χ1) is 13.9. The maximum absolute atomic E-state index is 13.3. The molecule has 2 amide bonds. The van der Waals surface area contributed by atoms with Crippen LogP contribution in [0.2, 0.25) is 0 Å². The normalized spacial score (nSPS) is 17.9. The first-order valence-corrected chi connectivity index (χ1v) is 10.1. The molecular formula is C22H25N5O2. The smallest absolute Gasteiger partial charge is 0.270 e. The number of aromatic nitrogens is 2. The number of pyridine rings is 1. The van der Waals surface area contributed by atoms with E-state index in [9.17, 15) is 9.59 Å². The second-order valence-electron chi connectivity index (χ2n) is 8.32. The van der Waals surface area contributed by atoms with E-state index in [2.05, 4.69) is 23.8 Å². The molecule has 0 radical (unpaired) electrons. The molecule has 7 heteroatoms. The van der Waals surface area contributed by atoms with Crippen molar-refractivity contribution in [2.24, 2.45) is 0 Å². The van der Waals surface area contributed by atoms with Gasteiger partial charge in [-0.3, -0.25) is 14.6 Å². The number of piperazine rings is 1. The number of rotatable bonds is 3. The van der Waals surface area contributed by atoms with E-state index in [1.165, 1.54) is 0 Å². The molecule has 4 rings (SSSR count). The number of hydrogen-bond donors (Lipinski definition) is 1. The number of amides is 2. The van der Waals surface area contributed by atoms with Gasteiger partial charge in [0.2, 0.25) is 0 Å². The Bertz CT molecular complexity index is 983. The maximum Gasteiger partial charge on any atom is 0.270 e. The Morgan fingerprint density at radius 2 is 2.00 bits per heavy atom. The van der Waals surface area contributed by atoms with E-state index in [1.807, 2.05) is 23.2 Å². The van der Waals surface area contributed by atoms with Crippen molar-refractivity contribution in [3.05, 3.63) is 53.1 Å². The molecule has 1 saturated carbocycles. The van der Waals surface area contributed by atoms with Gasteiger partial charge in [-0.2, -0.15) is 5.26 Å².